The second kappa shape index (κ2) is 4.92. The minimum Gasteiger partial charge on any atom is -0.361 e. The van der Waals surface area contributed by atoms with Gasteiger partial charge in [-0.15, -0.1) is 0 Å². The zero-order chi connectivity index (χ0) is 13.5. The highest BCUT2D eigenvalue weighted by Crippen LogP contribution is 2.34. The van der Waals surface area contributed by atoms with Crippen molar-refractivity contribution in [2.24, 2.45) is 5.92 Å². The molecule has 2 nitrogen and oxygen atoms in total. The highest BCUT2D eigenvalue weighted by molar-refractivity contribution is 5.81. The van der Waals surface area contributed by atoms with Crippen LogP contribution in [0.2, 0.25) is 0 Å². The van der Waals surface area contributed by atoms with Crippen molar-refractivity contribution in [2.75, 3.05) is 0 Å². The number of hydrogen-bond donors (Lipinski definition) is 2. The van der Waals surface area contributed by atoms with Crippen molar-refractivity contribution in [1.82, 2.24) is 10.3 Å². The fourth-order valence-electron chi connectivity index (χ4n) is 3.74. The summed E-state index contributed by atoms with van der Waals surface area (Å²) < 4.78 is 0. The van der Waals surface area contributed by atoms with Gasteiger partial charge in [-0.05, 0) is 66.3 Å². The summed E-state index contributed by atoms with van der Waals surface area (Å²) in [5.41, 5.74) is 4.38. The van der Waals surface area contributed by atoms with E-state index in [1.54, 1.807) is 11.1 Å². The molecule has 2 aliphatic rings. The smallest absolute Gasteiger partial charge is 0.0456 e. The summed E-state index contributed by atoms with van der Waals surface area (Å²) in [7, 11) is 0. The zero-order valence-corrected chi connectivity index (χ0v) is 12.3. The van der Waals surface area contributed by atoms with Crippen molar-refractivity contribution >= 4 is 10.9 Å². The molecule has 2 heteroatoms. The summed E-state index contributed by atoms with van der Waals surface area (Å²) in [6, 6.07) is 8.30. The number of rotatable bonds is 5. The maximum atomic E-state index is 3.92. The van der Waals surface area contributed by atoms with E-state index in [9.17, 15) is 0 Å². The van der Waals surface area contributed by atoms with E-state index < -0.39 is 0 Å². The quantitative estimate of drug-likeness (QED) is 0.848. The van der Waals surface area contributed by atoms with Gasteiger partial charge < -0.3 is 10.3 Å². The van der Waals surface area contributed by atoms with Crippen LogP contribution in [0.3, 0.4) is 0 Å². The molecule has 2 atom stereocenters. The van der Waals surface area contributed by atoms with Crippen molar-refractivity contribution in [3.63, 3.8) is 0 Å². The summed E-state index contributed by atoms with van der Waals surface area (Å²) in [4.78, 5) is 3.33. The van der Waals surface area contributed by atoms with E-state index in [1.807, 2.05) is 6.20 Å². The SMILES string of the molecule is CCC(CC1CC1)NC1Cc2cc3cc[nH]c3cc2C1. The normalized spacial score (nSPS) is 23.1. The number of aromatic amines is 1. The van der Waals surface area contributed by atoms with Gasteiger partial charge in [0.2, 0.25) is 0 Å². The molecule has 20 heavy (non-hydrogen) atoms. The molecule has 2 N–H and O–H groups in total. The second-order valence-electron chi connectivity index (χ2n) is 6.74. The molecule has 0 amide bonds. The number of fused-ring (bicyclic) bond motifs is 2. The first-order valence-electron chi connectivity index (χ1n) is 8.16. The Morgan fingerprint density at radius 2 is 2.05 bits per heavy atom. The van der Waals surface area contributed by atoms with Gasteiger partial charge in [0.15, 0.2) is 0 Å². The lowest BCUT2D eigenvalue weighted by Crippen LogP contribution is -2.38. The van der Waals surface area contributed by atoms with Gasteiger partial charge in [0.05, 0.1) is 0 Å². The first-order chi connectivity index (χ1) is 9.81. The number of nitrogens with one attached hydrogen (secondary N) is 2. The molecule has 1 saturated carbocycles. The van der Waals surface area contributed by atoms with Crippen LogP contribution in [0.1, 0.15) is 43.7 Å². The van der Waals surface area contributed by atoms with E-state index in [-0.39, 0.29) is 0 Å². The highest BCUT2D eigenvalue weighted by atomic mass is 15.0. The van der Waals surface area contributed by atoms with Crippen LogP contribution in [0.15, 0.2) is 24.4 Å². The van der Waals surface area contributed by atoms with Gasteiger partial charge in [-0.2, -0.15) is 0 Å². The molecule has 0 radical (unpaired) electrons. The van der Waals surface area contributed by atoms with Crippen LogP contribution in [0.25, 0.3) is 10.9 Å². The summed E-state index contributed by atoms with van der Waals surface area (Å²) in [5, 5.41) is 5.28. The van der Waals surface area contributed by atoms with Crippen molar-refractivity contribution in [2.45, 2.75) is 57.5 Å². The van der Waals surface area contributed by atoms with E-state index in [0.717, 1.165) is 12.0 Å². The van der Waals surface area contributed by atoms with Crippen LogP contribution >= 0.6 is 0 Å². The molecule has 1 aromatic carbocycles. The average molecular weight is 268 g/mol. The van der Waals surface area contributed by atoms with E-state index in [0.29, 0.717) is 6.04 Å². The first kappa shape index (κ1) is 12.5. The largest absolute Gasteiger partial charge is 0.361 e. The van der Waals surface area contributed by atoms with Crippen molar-refractivity contribution < 1.29 is 0 Å². The third-order valence-corrected chi connectivity index (χ3v) is 5.09. The molecule has 0 spiro atoms. The predicted molar refractivity (Wildman–Crippen MR) is 84.1 cm³/mol. The second-order valence-corrected chi connectivity index (χ2v) is 6.74. The number of aromatic nitrogens is 1. The van der Waals surface area contributed by atoms with Crippen LogP contribution in [0, 0.1) is 5.92 Å². The lowest BCUT2D eigenvalue weighted by Gasteiger charge is -2.21. The fourth-order valence-corrected chi connectivity index (χ4v) is 3.74. The molecule has 1 aromatic heterocycles. The fraction of sp³-hybridized carbons (Fsp3) is 0.556. The summed E-state index contributed by atoms with van der Waals surface area (Å²) in [5.74, 6) is 1.02. The van der Waals surface area contributed by atoms with Crippen LogP contribution in [-0.4, -0.2) is 17.1 Å². The van der Waals surface area contributed by atoms with Gasteiger partial charge in [-0.25, -0.2) is 0 Å². The highest BCUT2D eigenvalue weighted by Gasteiger charge is 2.28. The maximum absolute atomic E-state index is 3.92. The standard InChI is InChI=1S/C18H24N2/c1-2-16(7-12-3-4-12)20-17-9-14-8-13-5-6-19-18(13)11-15(14)10-17/h5-6,8,11-12,16-17,19-20H,2-4,7,9-10H2,1H3. The van der Waals surface area contributed by atoms with Crippen molar-refractivity contribution in [3.8, 4) is 0 Å². The van der Waals surface area contributed by atoms with E-state index in [1.165, 1.54) is 49.4 Å². The molecule has 2 aliphatic carbocycles. The van der Waals surface area contributed by atoms with Gasteiger partial charge in [-0.3, -0.25) is 0 Å². The molecule has 2 aromatic rings. The van der Waals surface area contributed by atoms with Gasteiger partial charge in [0.1, 0.15) is 0 Å². The molecule has 106 valence electrons. The summed E-state index contributed by atoms with van der Waals surface area (Å²) in [6.07, 6.45) is 10.0. The monoisotopic (exact) mass is 268 g/mol. The van der Waals surface area contributed by atoms with Crippen LogP contribution < -0.4 is 5.32 Å². The molecule has 0 bridgehead atoms. The lowest BCUT2D eigenvalue weighted by molar-refractivity contribution is 0.391. The molecule has 0 saturated heterocycles. The maximum Gasteiger partial charge on any atom is 0.0456 e. The minimum absolute atomic E-state index is 0.653. The van der Waals surface area contributed by atoms with E-state index in [2.05, 4.69) is 35.4 Å². The van der Waals surface area contributed by atoms with Crippen LogP contribution in [0.4, 0.5) is 0 Å². The van der Waals surface area contributed by atoms with Gasteiger partial charge >= 0.3 is 0 Å². The predicted octanol–water partition coefficient (Wildman–Crippen LogP) is 3.80. The number of H-pyrrole nitrogens is 1. The Kier molecular flexibility index (Phi) is 3.07. The van der Waals surface area contributed by atoms with Gasteiger partial charge in [-0.1, -0.05) is 19.8 Å². The summed E-state index contributed by atoms with van der Waals surface area (Å²) in [6.45, 7) is 2.32. The van der Waals surface area contributed by atoms with E-state index in [4.69, 9.17) is 0 Å². The Balaban J connectivity index is 1.46. The lowest BCUT2D eigenvalue weighted by atomic mass is 10.1. The topological polar surface area (TPSA) is 27.8 Å². The number of hydrogen-bond acceptors (Lipinski definition) is 1. The third kappa shape index (κ3) is 2.37. The Morgan fingerprint density at radius 1 is 1.25 bits per heavy atom. The Morgan fingerprint density at radius 3 is 2.80 bits per heavy atom. The van der Waals surface area contributed by atoms with Gasteiger partial charge in [0, 0.05) is 23.8 Å². The van der Waals surface area contributed by atoms with E-state index >= 15 is 0 Å². The van der Waals surface area contributed by atoms with Crippen molar-refractivity contribution in [3.05, 3.63) is 35.5 Å². The Labute approximate surface area is 121 Å². The minimum atomic E-state index is 0.653. The molecule has 1 fully saturated rings. The zero-order valence-electron chi connectivity index (χ0n) is 12.3. The molecular weight excluding hydrogens is 244 g/mol. The number of benzene rings is 1. The molecule has 2 unspecified atom stereocenters. The molecule has 4 rings (SSSR count). The average Bonchev–Trinajstić information content (AvgIpc) is 2.99. The van der Waals surface area contributed by atoms with Crippen molar-refractivity contribution in [1.29, 1.82) is 0 Å². The Hall–Kier alpha value is -1.28. The van der Waals surface area contributed by atoms with Crippen LogP contribution in [-0.2, 0) is 12.8 Å². The Bertz CT molecular complexity index is 569. The molecule has 1 heterocycles. The molecule has 0 aliphatic heterocycles. The van der Waals surface area contributed by atoms with Crippen LogP contribution in [0.5, 0.6) is 0 Å². The summed E-state index contributed by atoms with van der Waals surface area (Å²) >= 11 is 0. The first-order valence-corrected chi connectivity index (χ1v) is 8.16. The van der Waals surface area contributed by atoms with Gasteiger partial charge in [0.25, 0.3) is 0 Å². The molecular formula is C18H24N2. The third-order valence-electron chi connectivity index (χ3n) is 5.09.